The fourth-order valence-corrected chi connectivity index (χ4v) is 3.66. The molecule has 2 rings (SSSR count). The number of nitrogens with two attached hydrogens (primary N) is 2. The molecule has 0 bridgehead atoms. The number of sulfonamides is 1. The van der Waals surface area contributed by atoms with Gasteiger partial charge in [-0.25, -0.2) is 8.42 Å². The van der Waals surface area contributed by atoms with E-state index in [0.29, 0.717) is 29.8 Å². The van der Waals surface area contributed by atoms with Crippen LogP contribution in [0.2, 0.25) is 0 Å². The van der Waals surface area contributed by atoms with Gasteiger partial charge in [0.25, 0.3) is 15.9 Å². The van der Waals surface area contributed by atoms with Gasteiger partial charge in [-0.2, -0.15) is 4.99 Å². The quantitative estimate of drug-likeness (QED) is 0.255. The molecule has 0 unspecified atom stereocenters. The molecule has 2 aromatic carbocycles. The number of aliphatic imine (C=N–C) groups is 1. The van der Waals surface area contributed by atoms with Gasteiger partial charge in [0.2, 0.25) is 6.41 Å². The summed E-state index contributed by atoms with van der Waals surface area (Å²) in [6.45, 7) is 1.99. The lowest BCUT2D eigenvalue weighted by molar-refractivity contribution is -0.119. The van der Waals surface area contributed by atoms with Gasteiger partial charge in [0.05, 0.1) is 10.9 Å². The Balaban J connectivity index is 2.19. The number of amidine groups is 1. The molecule has 30 heavy (non-hydrogen) atoms. The fourth-order valence-electron chi connectivity index (χ4n) is 2.55. The Morgan fingerprint density at radius 2 is 1.83 bits per heavy atom. The van der Waals surface area contributed by atoms with E-state index in [1.54, 1.807) is 18.2 Å². The number of unbranched alkanes of at least 4 members (excludes halogenated alkanes) is 1. The summed E-state index contributed by atoms with van der Waals surface area (Å²) in [5, 5.41) is 2.46. The van der Waals surface area contributed by atoms with E-state index in [1.165, 1.54) is 30.3 Å². The molecule has 2 aromatic rings. The van der Waals surface area contributed by atoms with Gasteiger partial charge in [-0.1, -0.05) is 31.9 Å². The molecular weight excluding hydrogens is 406 g/mol. The molecule has 0 fully saturated rings. The monoisotopic (exact) mass is 431 g/mol. The fraction of sp³-hybridized carbons (Fsp3) is 0.250. The van der Waals surface area contributed by atoms with Crippen LogP contribution in [0.15, 0.2) is 58.4 Å². The average molecular weight is 432 g/mol. The third-order valence-electron chi connectivity index (χ3n) is 4.22. The van der Waals surface area contributed by atoms with Crippen LogP contribution in [0.4, 0.5) is 11.4 Å². The molecule has 9 nitrogen and oxygen atoms in total. The number of amides is 2. The maximum absolute atomic E-state index is 12.7. The molecule has 0 saturated carbocycles. The Kier molecular flexibility index (Phi) is 8.07. The molecule has 0 radical (unpaired) electrons. The summed E-state index contributed by atoms with van der Waals surface area (Å²) in [6.07, 6.45) is 2.74. The van der Waals surface area contributed by atoms with Crippen molar-refractivity contribution in [3.8, 4) is 0 Å². The first-order valence-corrected chi connectivity index (χ1v) is 10.8. The number of hydrogen-bond acceptors (Lipinski definition) is 5. The average Bonchev–Trinajstić information content (AvgIpc) is 2.73. The van der Waals surface area contributed by atoms with Gasteiger partial charge < -0.3 is 16.8 Å². The number of carbonyl (C=O) groups is 2. The second-order valence-electron chi connectivity index (χ2n) is 6.56. The highest BCUT2D eigenvalue weighted by molar-refractivity contribution is 7.92. The molecule has 0 aliphatic rings. The molecule has 0 aromatic heterocycles. The second-order valence-corrected chi connectivity index (χ2v) is 8.24. The smallest absolute Gasteiger partial charge is 0.264 e. The molecule has 160 valence electrons. The number of rotatable bonds is 10. The zero-order chi connectivity index (χ0) is 22.1. The van der Waals surface area contributed by atoms with E-state index in [9.17, 15) is 18.0 Å². The van der Waals surface area contributed by atoms with E-state index in [-0.39, 0.29) is 10.7 Å². The second kappa shape index (κ2) is 10.5. The van der Waals surface area contributed by atoms with Crippen molar-refractivity contribution >= 4 is 39.6 Å². The standard InChI is InChI=1S/C20H25N5O4S/c1-2-3-7-18(21)20(27)24-19(22)14-5-4-6-17(12-14)30(28,29)25-16-10-8-15(9-11-16)23-13-26/h4-6,8-13,18,25H,2-3,7,21H2,1H3,(H,23,26)(H2,22,24,27)/t18-/m0/s1. The van der Waals surface area contributed by atoms with Gasteiger partial charge in [0, 0.05) is 16.9 Å². The third-order valence-corrected chi connectivity index (χ3v) is 5.60. The van der Waals surface area contributed by atoms with Crippen LogP contribution in [0.3, 0.4) is 0 Å². The highest BCUT2D eigenvalue weighted by atomic mass is 32.2. The van der Waals surface area contributed by atoms with E-state index in [0.717, 1.165) is 12.8 Å². The Labute approximate surface area is 175 Å². The van der Waals surface area contributed by atoms with Crippen molar-refractivity contribution in [2.45, 2.75) is 37.1 Å². The molecule has 1 atom stereocenters. The molecule has 2 amide bonds. The van der Waals surface area contributed by atoms with Crippen LogP contribution in [-0.2, 0) is 19.6 Å². The molecule has 10 heteroatoms. The van der Waals surface area contributed by atoms with Crippen LogP contribution in [0, 0.1) is 0 Å². The minimum Gasteiger partial charge on any atom is -0.383 e. The first-order chi connectivity index (χ1) is 14.3. The van der Waals surface area contributed by atoms with Crippen molar-refractivity contribution < 1.29 is 18.0 Å². The zero-order valence-electron chi connectivity index (χ0n) is 16.5. The van der Waals surface area contributed by atoms with Gasteiger partial charge in [-0.15, -0.1) is 0 Å². The summed E-state index contributed by atoms with van der Waals surface area (Å²) in [4.78, 5) is 26.3. The van der Waals surface area contributed by atoms with Gasteiger partial charge in [-0.3, -0.25) is 14.3 Å². The van der Waals surface area contributed by atoms with E-state index >= 15 is 0 Å². The molecule has 0 aliphatic heterocycles. The van der Waals surface area contributed by atoms with Crippen molar-refractivity contribution in [2.75, 3.05) is 10.0 Å². The maximum atomic E-state index is 12.7. The number of benzene rings is 2. The van der Waals surface area contributed by atoms with Crippen LogP contribution in [0.5, 0.6) is 0 Å². The summed E-state index contributed by atoms with van der Waals surface area (Å²) in [5.41, 5.74) is 12.8. The molecule has 0 spiro atoms. The van der Waals surface area contributed by atoms with Gasteiger partial charge >= 0.3 is 0 Å². The summed E-state index contributed by atoms with van der Waals surface area (Å²) in [6, 6.07) is 11.2. The lowest BCUT2D eigenvalue weighted by Crippen LogP contribution is -2.31. The van der Waals surface area contributed by atoms with Gasteiger partial charge in [0.1, 0.15) is 5.84 Å². The summed E-state index contributed by atoms with van der Waals surface area (Å²) >= 11 is 0. The van der Waals surface area contributed by atoms with Crippen molar-refractivity contribution in [3.63, 3.8) is 0 Å². The third kappa shape index (κ3) is 6.39. The Hall–Kier alpha value is -3.24. The molecule has 6 N–H and O–H groups in total. The predicted octanol–water partition coefficient (Wildman–Crippen LogP) is 1.81. The number of nitrogens with one attached hydrogen (secondary N) is 2. The molecule has 0 saturated heterocycles. The van der Waals surface area contributed by atoms with Crippen molar-refractivity contribution in [1.29, 1.82) is 0 Å². The van der Waals surface area contributed by atoms with Crippen molar-refractivity contribution in [3.05, 3.63) is 54.1 Å². The number of carbonyl (C=O) groups excluding carboxylic acids is 2. The van der Waals surface area contributed by atoms with Crippen LogP contribution >= 0.6 is 0 Å². The zero-order valence-corrected chi connectivity index (χ0v) is 17.4. The van der Waals surface area contributed by atoms with Crippen LogP contribution < -0.4 is 21.5 Å². The van der Waals surface area contributed by atoms with Crippen molar-refractivity contribution in [2.24, 2.45) is 16.5 Å². The van der Waals surface area contributed by atoms with Crippen LogP contribution in [0.1, 0.15) is 31.7 Å². The first kappa shape index (κ1) is 23.0. The van der Waals surface area contributed by atoms with Gasteiger partial charge in [0.15, 0.2) is 0 Å². The Morgan fingerprint density at radius 1 is 1.17 bits per heavy atom. The van der Waals surface area contributed by atoms with E-state index in [4.69, 9.17) is 11.5 Å². The summed E-state index contributed by atoms with van der Waals surface area (Å²) in [5.74, 6) is -0.648. The lowest BCUT2D eigenvalue weighted by Gasteiger charge is -2.10. The van der Waals surface area contributed by atoms with Crippen LogP contribution in [-0.4, -0.2) is 32.6 Å². The van der Waals surface area contributed by atoms with Crippen molar-refractivity contribution in [1.82, 2.24) is 0 Å². The minimum atomic E-state index is -3.91. The van der Waals surface area contributed by atoms with E-state index in [2.05, 4.69) is 15.0 Å². The summed E-state index contributed by atoms with van der Waals surface area (Å²) < 4.78 is 27.8. The minimum absolute atomic E-state index is 0.0454. The van der Waals surface area contributed by atoms with Crippen LogP contribution in [0.25, 0.3) is 0 Å². The molecule has 0 heterocycles. The van der Waals surface area contributed by atoms with E-state index in [1.807, 2.05) is 6.92 Å². The Bertz CT molecular complexity index is 1020. The maximum Gasteiger partial charge on any atom is 0.264 e. The molecular formula is C20H25N5O4S. The lowest BCUT2D eigenvalue weighted by atomic mass is 10.1. The molecule has 0 aliphatic carbocycles. The number of hydrogen-bond donors (Lipinski definition) is 4. The number of nitrogens with zero attached hydrogens (tertiary/aromatic N) is 1. The summed E-state index contributed by atoms with van der Waals surface area (Å²) in [7, 11) is -3.91. The predicted molar refractivity (Wildman–Crippen MR) is 117 cm³/mol. The first-order valence-electron chi connectivity index (χ1n) is 9.34. The van der Waals surface area contributed by atoms with Gasteiger partial charge in [-0.05, 0) is 42.8 Å². The largest absolute Gasteiger partial charge is 0.383 e. The highest BCUT2D eigenvalue weighted by Crippen LogP contribution is 2.19. The topological polar surface area (TPSA) is 157 Å². The normalized spacial score (nSPS) is 12.8. The SMILES string of the molecule is CCCC[C@H](N)C(=O)N=C(N)c1cccc(S(=O)(=O)Nc2ccc(NC=O)cc2)c1. The van der Waals surface area contributed by atoms with E-state index < -0.39 is 22.0 Å². The Morgan fingerprint density at radius 3 is 2.47 bits per heavy atom. The number of anilines is 2. The highest BCUT2D eigenvalue weighted by Gasteiger charge is 2.17.